The molecular weight excluding hydrogens is 178 g/mol. The Morgan fingerprint density at radius 3 is 3.21 bits per heavy atom. The maximum absolute atomic E-state index is 10.3. The summed E-state index contributed by atoms with van der Waals surface area (Å²) in [4.78, 5) is 10.3. The van der Waals surface area contributed by atoms with Gasteiger partial charge in [0.1, 0.15) is 0 Å². The van der Waals surface area contributed by atoms with Crippen molar-refractivity contribution in [3.05, 3.63) is 23.8 Å². The molecule has 0 saturated carbocycles. The first-order chi connectivity index (χ1) is 6.70. The molecule has 1 rings (SSSR count). The molecule has 0 unspecified atom stereocenters. The van der Waals surface area contributed by atoms with Gasteiger partial charge < -0.3 is 10.8 Å². The summed E-state index contributed by atoms with van der Waals surface area (Å²) in [6.45, 7) is 0. The summed E-state index contributed by atoms with van der Waals surface area (Å²) < 4.78 is 0. The van der Waals surface area contributed by atoms with Gasteiger partial charge in [-0.3, -0.25) is 4.79 Å². The summed E-state index contributed by atoms with van der Waals surface area (Å²) >= 11 is 0. The topological polar surface area (TPSA) is 63.3 Å². The average Bonchev–Trinajstić information content (AvgIpc) is 2.42. The van der Waals surface area contributed by atoms with E-state index in [0.29, 0.717) is 12.8 Å². The molecule has 0 radical (unpaired) electrons. The molecule has 0 bridgehead atoms. The van der Waals surface area contributed by atoms with Crippen LogP contribution in [0, 0.1) is 11.8 Å². The third kappa shape index (κ3) is 3.46. The molecular formula is C11H13NO2. The highest BCUT2D eigenvalue weighted by Gasteiger charge is 2.10. The quantitative estimate of drug-likeness (QED) is 0.653. The normalized spacial score (nSPS) is 16.2. The number of aliphatic carboxylic acids is 1. The Morgan fingerprint density at radius 2 is 2.50 bits per heavy atom. The van der Waals surface area contributed by atoms with Crippen LogP contribution in [-0.2, 0) is 4.79 Å². The minimum atomic E-state index is -0.809. The molecule has 1 atom stereocenters. The van der Waals surface area contributed by atoms with E-state index in [1.165, 1.54) is 0 Å². The van der Waals surface area contributed by atoms with Crippen LogP contribution in [0.2, 0.25) is 0 Å². The molecule has 1 aliphatic rings. The summed E-state index contributed by atoms with van der Waals surface area (Å²) in [6, 6.07) is -0.192. The summed E-state index contributed by atoms with van der Waals surface area (Å²) in [7, 11) is 0. The Hall–Kier alpha value is -1.53. The third-order valence-corrected chi connectivity index (χ3v) is 2.03. The fourth-order valence-electron chi connectivity index (χ4n) is 1.21. The summed E-state index contributed by atoms with van der Waals surface area (Å²) in [5.74, 6) is 4.97. The minimum Gasteiger partial charge on any atom is -0.481 e. The van der Waals surface area contributed by atoms with Crippen molar-refractivity contribution in [2.24, 2.45) is 5.73 Å². The van der Waals surface area contributed by atoms with Crippen LogP contribution in [0.15, 0.2) is 23.8 Å². The molecule has 3 N–H and O–H groups in total. The van der Waals surface area contributed by atoms with Crippen molar-refractivity contribution in [2.45, 2.75) is 25.3 Å². The van der Waals surface area contributed by atoms with Gasteiger partial charge in [-0.25, -0.2) is 0 Å². The highest BCUT2D eigenvalue weighted by molar-refractivity contribution is 5.66. The first kappa shape index (κ1) is 10.6. The second-order valence-corrected chi connectivity index (χ2v) is 3.14. The highest BCUT2D eigenvalue weighted by Crippen LogP contribution is 2.11. The van der Waals surface area contributed by atoms with Gasteiger partial charge in [-0.2, -0.15) is 0 Å². The molecule has 0 aromatic rings. The first-order valence-corrected chi connectivity index (χ1v) is 4.51. The van der Waals surface area contributed by atoms with Crippen molar-refractivity contribution in [1.29, 1.82) is 0 Å². The van der Waals surface area contributed by atoms with Gasteiger partial charge in [-0.1, -0.05) is 24.0 Å². The summed E-state index contributed by atoms with van der Waals surface area (Å²) in [6.07, 6.45) is 6.71. The van der Waals surface area contributed by atoms with Crippen molar-refractivity contribution in [3.63, 3.8) is 0 Å². The summed E-state index contributed by atoms with van der Waals surface area (Å²) in [5.41, 5.74) is 6.84. The van der Waals surface area contributed by atoms with Crippen LogP contribution in [0.1, 0.15) is 19.3 Å². The van der Waals surface area contributed by atoms with Crippen LogP contribution in [0.5, 0.6) is 0 Å². The number of carboxylic acid groups (broad SMARTS) is 1. The number of hydrogen-bond donors (Lipinski definition) is 2. The van der Waals surface area contributed by atoms with Crippen LogP contribution >= 0.6 is 0 Å². The molecule has 0 fully saturated rings. The third-order valence-electron chi connectivity index (χ3n) is 2.03. The van der Waals surface area contributed by atoms with Gasteiger partial charge in [0.15, 0.2) is 0 Å². The lowest BCUT2D eigenvalue weighted by atomic mass is 10.0. The largest absolute Gasteiger partial charge is 0.481 e. The van der Waals surface area contributed by atoms with Gasteiger partial charge in [-0.05, 0) is 18.1 Å². The van der Waals surface area contributed by atoms with E-state index < -0.39 is 5.97 Å². The Kier molecular flexibility index (Phi) is 3.96. The molecule has 0 aromatic heterocycles. The lowest BCUT2D eigenvalue weighted by Crippen LogP contribution is -2.23. The minimum absolute atomic E-state index is 0.107. The maximum atomic E-state index is 10.3. The zero-order valence-corrected chi connectivity index (χ0v) is 7.86. The van der Waals surface area contributed by atoms with E-state index in [2.05, 4.69) is 11.8 Å². The molecule has 0 heterocycles. The van der Waals surface area contributed by atoms with Crippen LogP contribution in [0.3, 0.4) is 0 Å². The monoisotopic (exact) mass is 191 g/mol. The highest BCUT2D eigenvalue weighted by atomic mass is 16.4. The van der Waals surface area contributed by atoms with Crippen molar-refractivity contribution >= 4 is 5.97 Å². The number of rotatable bonds is 4. The van der Waals surface area contributed by atoms with Crippen LogP contribution in [0.25, 0.3) is 0 Å². The molecule has 0 saturated heterocycles. The number of hydrogen-bond acceptors (Lipinski definition) is 2. The van der Waals surface area contributed by atoms with Gasteiger partial charge in [0.25, 0.3) is 0 Å². The Bertz CT molecular complexity index is 331. The number of carboxylic acids is 1. The van der Waals surface area contributed by atoms with Crippen LogP contribution in [0.4, 0.5) is 0 Å². The Balaban J connectivity index is 2.49. The first-order valence-electron chi connectivity index (χ1n) is 4.51. The number of nitrogens with two attached hydrogens (primary N) is 1. The predicted molar refractivity (Wildman–Crippen MR) is 54.5 cm³/mol. The molecule has 74 valence electrons. The van der Waals surface area contributed by atoms with Crippen molar-refractivity contribution in [2.75, 3.05) is 0 Å². The molecule has 3 heteroatoms. The number of carbonyl (C=O) groups is 1. The standard InChI is InChI=1S/C11H13NO2/c12-10(7-8-11(13)14)9-5-3-1-2-4-6-9/h1,3,5,10H,6-8,12H2,(H,13,14)/t10-/m1/s1. The SMILES string of the molecule is N[C@H](CCC(=O)O)C1=CC=CC#CC1. The fraction of sp³-hybridized carbons (Fsp3) is 0.364. The average molecular weight is 191 g/mol. The van der Waals surface area contributed by atoms with Gasteiger partial charge in [-0.15, -0.1) is 0 Å². The molecule has 14 heavy (non-hydrogen) atoms. The number of allylic oxidation sites excluding steroid dienone is 3. The molecule has 3 nitrogen and oxygen atoms in total. The van der Waals surface area contributed by atoms with E-state index in [1.807, 2.05) is 12.2 Å². The van der Waals surface area contributed by atoms with E-state index in [-0.39, 0.29) is 12.5 Å². The Morgan fingerprint density at radius 1 is 1.71 bits per heavy atom. The van der Waals surface area contributed by atoms with Crippen molar-refractivity contribution < 1.29 is 9.90 Å². The van der Waals surface area contributed by atoms with E-state index in [4.69, 9.17) is 10.8 Å². The fourth-order valence-corrected chi connectivity index (χ4v) is 1.21. The van der Waals surface area contributed by atoms with Gasteiger partial charge in [0.05, 0.1) is 0 Å². The van der Waals surface area contributed by atoms with Crippen LogP contribution < -0.4 is 5.73 Å². The lowest BCUT2D eigenvalue weighted by molar-refractivity contribution is -0.137. The zero-order valence-electron chi connectivity index (χ0n) is 7.86. The molecule has 0 aromatic carbocycles. The molecule has 0 spiro atoms. The van der Waals surface area contributed by atoms with E-state index in [1.54, 1.807) is 6.08 Å². The van der Waals surface area contributed by atoms with Gasteiger partial charge >= 0.3 is 5.97 Å². The van der Waals surface area contributed by atoms with Crippen molar-refractivity contribution in [3.8, 4) is 11.8 Å². The molecule has 0 amide bonds. The second kappa shape index (κ2) is 5.25. The van der Waals surface area contributed by atoms with E-state index in [9.17, 15) is 4.79 Å². The van der Waals surface area contributed by atoms with Crippen molar-refractivity contribution in [1.82, 2.24) is 0 Å². The molecule has 0 aliphatic heterocycles. The maximum Gasteiger partial charge on any atom is 0.303 e. The smallest absolute Gasteiger partial charge is 0.303 e. The van der Waals surface area contributed by atoms with Gasteiger partial charge in [0, 0.05) is 18.9 Å². The zero-order chi connectivity index (χ0) is 10.4. The van der Waals surface area contributed by atoms with E-state index in [0.717, 1.165) is 5.57 Å². The van der Waals surface area contributed by atoms with Crippen LogP contribution in [-0.4, -0.2) is 17.1 Å². The summed E-state index contributed by atoms with van der Waals surface area (Å²) in [5, 5.41) is 8.50. The lowest BCUT2D eigenvalue weighted by Gasteiger charge is -2.11. The Labute approximate surface area is 83.3 Å². The molecule has 1 aliphatic carbocycles. The predicted octanol–water partition coefficient (Wildman–Crippen LogP) is 1.07. The van der Waals surface area contributed by atoms with Gasteiger partial charge in [0.2, 0.25) is 0 Å². The van der Waals surface area contributed by atoms with E-state index >= 15 is 0 Å². The second-order valence-electron chi connectivity index (χ2n) is 3.14.